The van der Waals surface area contributed by atoms with Gasteiger partial charge in [0, 0.05) is 15.3 Å². The summed E-state index contributed by atoms with van der Waals surface area (Å²) in [5, 5.41) is 2.66. The Morgan fingerprint density at radius 3 is 2.28 bits per heavy atom. The summed E-state index contributed by atoms with van der Waals surface area (Å²) in [7, 11) is 0. The number of hydrogen-bond acceptors (Lipinski definition) is 5. The number of ether oxygens (including phenoxy) is 1. The van der Waals surface area contributed by atoms with Gasteiger partial charge >= 0.3 is 5.97 Å². The first kappa shape index (κ1) is 20.5. The molecule has 1 aromatic carbocycles. The maximum atomic E-state index is 12.8. The highest BCUT2D eigenvalue weighted by Crippen LogP contribution is 2.60. The number of hydrogen-bond donors (Lipinski definition) is 1. The van der Waals surface area contributed by atoms with Crippen LogP contribution in [0.25, 0.3) is 0 Å². The largest absolute Gasteiger partial charge is 0.454 e. The average Bonchev–Trinajstić information content (AvgIpc) is 3.29. The molecule has 2 aliphatic carbocycles. The van der Waals surface area contributed by atoms with Gasteiger partial charge in [0.15, 0.2) is 6.61 Å². The van der Waals surface area contributed by atoms with Crippen molar-refractivity contribution in [3.05, 3.63) is 29.8 Å². The predicted octanol–water partition coefficient (Wildman–Crippen LogP) is 2.25. The third-order valence-electron chi connectivity index (χ3n) is 6.15. The Morgan fingerprint density at radius 2 is 1.69 bits per heavy atom. The molecule has 9 heteroatoms. The smallest absolute Gasteiger partial charge is 0.326 e. The number of imide groups is 1. The fourth-order valence-corrected chi connectivity index (χ4v) is 6.66. The number of esters is 1. The first-order valence-electron chi connectivity index (χ1n) is 9.44. The van der Waals surface area contributed by atoms with Crippen molar-refractivity contribution in [1.29, 1.82) is 0 Å². The van der Waals surface area contributed by atoms with Gasteiger partial charge in [0.25, 0.3) is 5.91 Å². The lowest BCUT2D eigenvalue weighted by Gasteiger charge is -2.28. The zero-order chi connectivity index (χ0) is 20.9. The van der Waals surface area contributed by atoms with E-state index in [-0.39, 0.29) is 45.1 Å². The molecule has 0 radical (unpaired) electrons. The quantitative estimate of drug-likeness (QED) is 0.360. The lowest BCUT2D eigenvalue weighted by Crippen LogP contribution is -2.38. The van der Waals surface area contributed by atoms with E-state index < -0.39 is 25.0 Å². The number of aryl methyl sites for hydroxylation is 1. The van der Waals surface area contributed by atoms with E-state index in [2.05, 4.69) is 37.2 Å². The number of halogens is 2. The topological polar surface area (TPSA) is 92.8 Å². The van der Waals surface area contributed by atoms with Crippen molar-refractivity contribution in [2.45, 2.75) is 23.0 Å². The molecule has 3 aliphatic rings. The first-order valence-corrected chi connectivity index (χ1v) is 11.3. The third kappa shape index (κ3) is 3.52. The lowest BCUT2D eigenvalue weighted by molar-refractivity contribution is -0.154. The van der Waals surface area contributed by atoms with Crippen LogP contribution in [0.1, 0.15) is 12.0 Å². The van der Waals surface area contributed by atoms with E-state index in [4.69, 9.17) is 4.74 Å². The summed E-state index contributed by atoms with van der Waals surface area (Å²) >= 11 is 7.25. The van der Waals surface area contributed by atoms with E-state index in [0.717, 1.165) is 16.9 Å². The van der Waals surface area contributed by atoms with Crippen LogP contribution in [0.15, 0.2) is 24.3 Å². The Morgan fingerprint density at radius 1 is 1.10 bits per heavy atom. The SMILES string of the molecule is Cc1ccccc1NC(=O)COC(=O)CN1C(=O)[C@@H]2[C@H]3C[C@@H]([C@H](Br)[C@H]3Br)[C@@H]2C1=O. The van der Waals surface area contributed by atoms with Gasteiger partial charge < -0.3 is 10.1 Å². The van der Waals surface area contributed by atoms with Crippen LogP contribution in [0.3, 0.4) is 0 Å². The molecule has 4 rings (SSSR count). The van der Waals surface area contributed by atoms with Crippen LogP contribution in [0.5, 0.6) is 0 Å². The molecule has 0 unspecified atom stereocenters. The zero-order valence-electron chi connectivity index (χ0n) is 15.6. The van der Waals surface area contributed by atoms with E-state index in [0.29, 0.717) is 5.69 Å². The summed E-state index contributed by atoms with van der Waals surface area (Å²) in [6.07, 6.45) is 0.829. The maximum Gasteiger partial charge on any atom is 0.326 e. The monoisotopic (exact) mass is 526 g/mol. The lowest BCUT2D eigenvalue weighted by atomic mass is 9.81. The van der Waals surface area contributed by atoms with Gasteiger partial charge in [0.1, 0.15) is 6.54 Å². The van der Waals surface area contributed by atoms with Gasteiger partial charge in [-0.2, -0.15) is 0 Å². The molecule has 2 bridgehead atoms. The van der Waals surface area contributed by atoms with Crippen molar-refractivity contribution in [3.8, 4) is 0 Å². The van der Waals surface area contributed by atoms with E-state index in [1.807, 2.05) is 19.1 Å². The number of fused-ring (bicyclic) bond motifs is 5. The minimum Gasteiger partial charge on any atom is -0.454 e. The highest BCUT2D eigenvalue weighted by Gasteiger charge is 2.66. The maximum absolute atomic E-state index is 12.8. The summed E-state index contributed by atoms with van der Waals surface area (Å²) in [6.45, 7) is 0.918. The van der Waals surface area contributed by atoms with Gasteiger partial charge in [-0.05, 0) is 36.8 Å². The molecular weight excluding hydrogens is 508 g/mol. The van der Waals surface area contributed by atoms with Crippen LogP contribution in [0.2, 0.25) is 0 Å². The molecule has 3 fully saturated rings. The second-order valence-corrected chi connectivity index (χ2v) is 9.90. The highest BCUT2D eigenvalue weighted by atomic mass is 79.9. The number of anilines is 1. The molecule has 154 valence electrons. The zero-order valence-corrected chi connectivity index (χ0v) is 18.8. The van der Waals surface area contributed by atoms with Crippen molar-refractivity contribution >= 4 is 61.2 Å². The Kier molecular flexibility index (Phi) is 5.54. The molecule has 0 aromatic heterocycles. The van der Waals surface area contributed by atoms with E-state index in [1.54, 1.807) is 12.1 Å². The van der Waals surface area contributed by atoms with Gasteiger partial charge in [-0.1, -0.05) is 50.1 Å². The second-order valence-electron chi connectivity index (χ2n) is 7.79. The molecule has 1 aromatic rings. The van der Waals surface area contributed by atoms with Gasteiger partial charge in [-0.15, -0.1) is 0 Å². The minimum atomic E-state index is -0.773. The average molecular weight is 528 g/mol. The number of carbonyl (C=O) groups excluding carboxylic acids is 4. The number of amides is 3. The van der Waals surface area contributed by atoms with Gasteiger partial charge in [-0.25, -0.2) is 0 Å². The molecule has 1 N–H and O–H groups in total. The number of nitrogens with one attached hydrogen (secondary N) is 1. The predicted molar refractivity (Wildman–Crippen MR) is 111 cm³/mol. The van der Waals surface area contributed by atoms with Crippen LogP contribution >= 0.6 is 31.9 Å². The molecule has 1 heterocycles. The Hall–Kier alpha value is -1.74. The number of rotatable bonds is 5. The molecule has 1 aliphatic heterocycles. The summed E-state index contributed by atoms with van der Waals surface area (Å²) < 4.78 is 4.99. The van der Waals surface area contributed by atoms with Crippen molar-refractivity contribution in [2.75, 3.05) is 18.5 Å². The number of benzene rings is 1. The van der Waals surface area contributed by atoms with Crippen molar-refractivity contribution < 1.29 is 23.9 Å². The summed E-state index contributed by atoms with van der Waals surface area (Å²) in [5.74, 6) is -2.44. The van der Waals surface area contributed by atoms with Crippen molar-refractivity contribution in [2.24, 2.45) is 23.7 Å². The fourth-order valence-electron chi connectivity index (χ4n) is 4.79. The summed E-state index contributed by atoms with van der Waals surface area (Å²) in [4.78, 5) is 51.0. The second kappa shape index (κ2) is 7.83. The molecule has 0 spiro atoms. The van der Waals surface area contributed by atoms with Crippen LogP contribution in [-0.2, 0) is 23.9 Å². The highest BCUT2D eigenvalue weighted by molar-refractivity contribution is 9.12. The van der Waals surface area contributed by atoms with Gasteiger partial charge in [0.05, 0.1) is 11.8 Å². The number of nitrogens with zero attached hydrogens (tertiary/aromatic N) is 1. The molecule has 2 saturated carbocycles. The summed E-state index contributed by atoms with van der Waals surface area (Å²) in [6, 6.07) is 7.24. The normalized spacial score (nSPS) is 32.4. The molecule has 1 saturated heterocycles. The molecule has 3 amide bonds. The number of alkyl halides is 2. The minimum absolute atomic E-state index is 0.0896. The van der Waals surface area contributed by atoms with E-state index in [1.165, 1.54) is 0 Å². The van der Waals surface area contributed by atoms with Gasteiger partial charge in [-0.3, -0.25) is 24.1 Å². The van der Waals surface area contributed by atoms with Crippen LogP contribution in [0.4, 0.5) is 5.69 Å². The number of likely N-dealkylation sites (tertiary alicyclic amines) is 1. The van der Waals surface area contributed by atoms with Crippen LogP contribution in [-0.4, -0.2) is 51.4 Å². The standard InChI is InChI=1S/C20H20Br2N2O5/c1-9-4-2-3-5-12(9)23-13(25)8-29-14(26)7-24-19(27)15-10-6-11(16(15)20(24)28)18(22)17(10)21/h2-5,10-11,15-18H,6-8H2,1H3,(H,23,25)/t10-,11-,15-,16+,17+,18+/m1/s1. The Balaban J connectivity index is 1.32. The van der Waals surface area contributed by atoms with Crippen molar-refractivity contribution in [3.63, 3.8) is 0 Å². The first-order chi connectivity index (χ1) is 13.8. The van der Waals surface area contributed by atoms with Crippen LogP contribution in [0, 0.1) is 30.6 Å². The Labute approximate surface area is 184 Å². The molecule has 29 heavy (non-hydrogen) atoms. The molecule has 7 nitrogen and oxygen atoms in total. The van der Waals surface area contributed by atoms with E-state index in [9.17, 15) is 19.2 Å². The number of para-hydroxylation sites is 1. The molecular formula is C20H20Br2N2O5. The van der Waals surface area contributed by atoms with Crippen molar-refractivity contribution in [1.82, 2.24) is 4.90 Å². The Bertz CT molecular complexity index is 859. The molecule has 6 atom stereocenters. The van der Waals surface area contributed by atoms with Gasteiger partial charge in [0.2, 0.25) is 11.8 Å². The summed E-state index contributed by atoms with van der Waals surface area (Å²) in [5.41, 5.74) is 1.52. The third-order valence-corrected chi connectivity index (χ3v) is 9.36. The fraction of sp³-hybridized carbons (Fsp3) is 0.500. The number of carbonyl (C=O) groups is 4. The van der Waals surface area contributed by atoms with Crippen LogP contribution < -0.4 is 5.32 Å². The van der Waals surface area contributed by atoms with E-state index >= 15 is 0 Å².